The van der Waals surface area contributed by atoms with Crippen LogP contribution in [0.4, 0.5) is 0 Å². The summed E-state index contributed by atoms with van der Waals surface area (Å²) >= 11 is 0. The highest BCUT2D eigenvalue weighted by molar-refractivity contribution is 6.13. The summed E-state index contributed by atoms with van der Waals surface area (Å²) < 4.78 is 2.38. The van der Waals surface area contributed by atoms with Crippen molar-refractivity contribution in [2.75, 3.05) is 0 Å². The summed E-state index contributed by atoms with van der Waals surface area (Å²) in [6.45, 7) is 4.31. The maximum absolute atomic E-state index is 4.98. The first-order valence-electron chi connectivity index (χ1n) is 11.8. The molecule has 0 spiro atoms. The van der Waals surface area contributed by atoms with E-state index in [-0.39, 0.29) is 0 Å². The Morgan fingerprint density at radius 1 is 0.636 bits per heavy atom. The minimum atomic E-state index is 1.00. The van der Waals surface area contributed by atoms with Gasteiger partial charge in [-0.05, 0) is 88.7 Å². The highest BCUT2D eigenvalue weighted by Crippen LogP contribution is 2.50. The molecule has 0 fully saturated rings. The average Bonchev–Trinajstić information content (AvgIpc) is 3.49. The van der Waals surface area contributed by atoms with Gasteiger partial charge < -0.3 is 0 Å². The second kappa shape index (κ2) is 5.90. The monoisotopic (exact) mass is 422 g/mol. The van der Waals surface area contributed by atoms with Crippen molar-refractivity contribution in [1.29, 1.82) is 0 Å². The lowest BCUT2D eigenvalue weighted by Crippen LogP contribution is -1.95. The predicted molar refractivity (Wildman–Crippen MR) is 136 cm³/mol. The molecule has 0 saturated heterocycles. The van der Waals surface area contributed by atoms with Crippen molar-refractivity contribution in [1.82, 2.24) is 9.38 Å². The highest BCUT2D eigenvalue weighted by atomic mass is 15.0. The zero-order chi connectivity index (χ0) is 21.8. The van der Waals surface area contributed by atoms with E-state index in [2.05, 4.69) is 91.0 Å². The van der Waals surface area contributed by atoms with Crippen molar-refractivity contribution in [3.05, 3.63) is 106 Å². The Morgan fingerprint density at radius 3 is 2.18 bits per heavy atom. The van der Waals surface area contributed by atoms with Crippen molar-refractivity contribution in [3.8, 4) is 22.3 Å². The van der Waals surface area contributed by atoms with Gasteiger partial charge in [-0.25, -0.2) is 4.98 Å². The van der Waals surface area contributed by atoms with E-state index in [0.717, 1.165) is 24.2 Å². The fourth-order valence-corrected chi connectivity index (χ4v) is 6.34. The van der Waals surface area contributed by atoms with Gasteiger partial charge in [0.2, 0.25) is 0 Å². The van der Waals surface area contributed by atoms with Crippen molar-refractivity contribution in [3.63, 3.8) is 0 Å². The molecular formula is C31H22N2. The van der Waals surface area contributed by atoms with Gasteiger partial charge in [-0.1, -0.05) is 60.7 Å². The molecule has 0 unspecified atom stereocenters. The van der Waals surface area contributed by atoms with E-state index in [1.807, 2.05) is 0 Å². The first-order chi connectivity index (χ1) is 16.2. The van der Waals surface area contributed by atoms with Crippen LogP contribution in [0.25, 0.3) is 49.6 Å². The van der Waals surface area contributed by atoms with Crippen LogP contribution in [0.5, 0.6) is 0 Å². The molecule has 0 amide bonds. The number of imidazole rings is 1. The molecule has 0 radical (unpaired) electrons. The second-order valence-corrected chi connectivity index (χ2v) is 9.66. The lowest BCUT2D eigenvalue weighted by Gasteiger charge is -2.14. The number of hydrogen-bond acceptors (Lipinski definition) is 1. The van der Waals surface area contributed by atoms with E-state index >= 15 is 0 Å². The summed E-state index contributed by atoms with van der Waals surface area (Å²) in [6, 6.07) is 27.3. The third-order valence-corrected chi connectivity index (χ3v) is 7.96. The molecule has 33 heavy (non-hydrogen) atoms. The lowest BCUT2D eigenvalue weighted by molar-refractivity contribution is 1.14. The van der Waals surface area contributed by atoms with E-state index in [0.29, 0.717) is 0 Å². The third kappa shape index (κ3) is 2.11. The molecule has 6 aromatic rings. The molecule has 8 rings (SSSR count). The largest absolute Gasteiger partial charge is 0.296 e. The summed E-state index contributed by atoms with van der Waals surface area (Å²) in [6.07, 6.45) is 2.04. The van der Waals surface area contributed by atoms with Gasteiger partial charge in [-0.2, -0.15) is 0 Å². The summed E-state index contributed by atoms with van der Waals surface area (Å²) in [5.41, 5.74) is 16.2. The zero-order valence-electron chi connectivity index (χ0n) is 18.7. The Bertz CT molecular complexity index is 1830. The molecule has 2 nitrogen and oxygen atoms in total. The number of aryl methyl sites for hydroxylation is 2. The van der Waals surface area contributed by atoms with Gasteiger partial charge in [0, 0.05) is 16.5 Å². The minimum Gasteiger partial charge on any atom is -0.296 e. The number of aromatic nitrogens is 2. The maximum atomic E-state index is 4.98. The Morgan fingerprint density at radius 2 is 1.33 bits per heavy atom. The molecule has 0 bridgehead atoms. The van der Waals surface area contributed by atoms with Crippen LogP contribution in [0.1, 0.15) is 33.6 Å². The van der Waals surface area contributed by atoms with Gasteiger partial charge in [0.05, 0.1) is 11.2 Å². The van der Waals surface area contributed by atoms with Crippen LogP contribution in [0, 0.1) is 13.8 Å². The predicted octanol–water partition coefficient (Wildman–Crippen LogP) is 7.40. The third-order valence-electron chi connectivity index (χ3n) is 7.96. The van der Waals surface area contributed by atoms with Crippen molar-refractivity contribution in [2.24, 2.45) is 0 Å². The summed E-state index contributed by atoms with van der Waals surface area (Å²) in [5, 5.41) is 3.84. The SMILES string of the molecule is Cc1nc2c3ccccc3c3cc4c(cc3n2c1C)-c1c(ccc2c1-c1ccccc1C2)C4. The fraction of sp³-hybridized carbons (Fsp3) is 0.129. The quantitative estimate of drug-likeness (QED) is 0.233. The van der Waals surface area contributed by atoms with E-state index in [1.165, 1.54) is 71.9 Å². The van der Waals surface area contributed by atoms with Gasteiger partial charge in [0.25, 0.3) is 0 Å². The van der Waals surface area contributed by atoms with Crippen molar-refractivity contribution in [2.45, 2.75) is 26.7 Å². The standard InChI is InChI=1S/C31H22N2/c1-17-18(2)33-28-16-26-22(15-27(28)24-9-5-6-10-25(24)31(33)32-17)14-21-12-11-20-13-19-7-3-4-8-23(19)29(20)30(21)26/h3-12,15-16H,13-14H2,1-2H3. The number of hydrogen-bond donors (Lipinski definition) is 0. The molecule has 0 saturated carbocycles. The van der Waals surface area contributed by atoms with Crippen molar-refractivity contribution < 1.29 is 0 Å². The van der Waals surface area contributed by atoms with E-state index in [4.69, 9.17) is 4.98 Å². The number of benzene rings is 4. The molecule has 2 aromatic heterocycles. The molecule has 2 heterocycles. The molecule has 2 aliphatic carbocycles. The lowest BCUT2D eigenvalue weighted by atomic mass is 9.93. The van der Waals surface area contributed by atoms with Crippen LogP contribution in [0.15, 0.2) is 72.8 Å². The van der Waals surface area contributed by atoms with Crippen LogP contribution in [-0.4, -0.2) is 9.38 Å². The van der Waals surface area contributed by atoms with Gasteiger partial charge in [-0.15, -0.1) is 0 Å². The molecule has 0 aliphatic heterocycles. The Labute approximate surface area is 192 Å². The van der Waals surface area contributed by atoms with Crippen molar-refractivity contribution >= 4 is 27.3 Å². The van der Waals surface area contributed by atoms with Crippen LogP contribution in [-0.2, 0) is 12.8 Å². The Kier molecular flexibility index (Phi) is 3.15. The number of nitrogens with zero attached hydrogens (tertiary/aromatic N) is 2. The van der Waals surface area contributed by atoms with Gasteiger partial charge in [0.1, 0.15) is 5.65 Å². The molecule has 2 heteroatoms. The van der Waals surface area contributed by atoms with Crippen LogP contribution in [0.3, 0.4) is 0 Å². The van der Waals surface area contributed by atoms with Crippen LogP contribution < -0.4 is 0 Å². The molecule has 156 valence electrons. The minimum absolute atomic E-state index is 1.00. The summed E-state index contributed by atoms with van der Waals surface area (Å²) in [4.78, 5) is 4.98. The Hall–Kier alpha value is -3.91. The maximum Gasteiger partial charge on any atom is 0.145 e. The fourth-order valence-electron chi connectivity index (χ4n) is 6.34. The molecule has 0 N–H and O–H groups in total. The van der Waals surface area contributed by atoms with Crippen LogP contribution >= 0.6 is 0 Å². The normalized spacial score (nSPS) is 13.5. The highest BCUT2D eigenvalue weighted by Gasteiger charge is 2.29. The zero-order valence-corrected chi connectivity index (χ0v) is 18.7. The van der Waals surface area contributed by atoms with E-state index < -0.39 is 0 Å². The average molecular weight is 423 g/mol. The first kappa shape index (κ1) is 17.6. The first-order valence-corrected chi connectivity index (χ1v) is 11.8. The second-order valence-electron chi connectivity index (χ2n) is 9.66. The van der Waals surface area contributed by atoms with Gasteiger partial charge >= 0.3 is 0 Å². The van der Waals surface area contributed by atoms with E-state index in [9.17, 15) is 0 Å². The molecular weight excluding hydrogens is 400 g/mol. The molecule has 0 atom stereocenters. The number of pyridine rings is 1. The molecule has 4 aromatic carbocycles. The molecule has 2 aliphatic rings. The Balaban J connectivity index is 1.54. The van der Waals surface area contributed by atoms with Gasteiger partial charge in [0.15, 0.2) is 0 Å². The summed E-state index contributed by atoms with van der Waals surface area (Å²) in [5.74, 6) is 0. The number of rotatable bonds is 0. The smallest absolute Gasteiger partial charge is 0.145 e. The van der Waals surface area contributed by atoms with Crippen LogP contribution in [0.2, 0.25) is 0 Å². The topological polar surface area (TPSA) is 17.3 Å². The summed E-state index contributed by atoms with van der Waals surface area (Å²) in [7, 11) is 0. The number of fused-ring (bicyclic) bond motifs is 13. The van der Waals surface area contributed by atoms with E-state index in [1.54, 1.807) is 0 Å². The van der Waals surface area contributed by atoms with Gasteiger partial charge in [-0.3, -0.25) is 4.40 Å².